The highest BCUT2D eigenvalue weighted by molar-refractivity contribution is 9.10. The van der Waals surface area contributed by atoms with E-state index in [9.17, 15) is 0 Å². The molecule has 0 saturated heterocycles. The van der Waals surface area contributed by atoms with E-state index in [0.717, 1.165) is 11.8 Å². The molecule has 1 aliphatic heterocycles. The third kappa shape index (κ3) is 1.50. The van der Waals surface area contributed by atoms with Crippen LogP contribution in [0.25, 0.3) is 0 Å². The molecule has 1 aromatic rings. The Morgan fingerprint density at radius 1 is 1.40 bits per heavy atom. The molecule has 0 aromatic heterocycles. The number of anilines is 1. The van der Waals surface area contributed by atoms with Crippen LogP contribution in [0.5, 0.6) is 0 Å². The fraction of sp³-hybridized carbons (Fsp3) is 0.538. The van der Waals surface area contributed by atoms with Gasteiger partial charge in [0.2, 0.25) is 0 Å². The molecule has 15 heavy (non-hydrogen) atoms. The van der Waals surface area contributed by atoms with Gasteiger partial charge in [-0.05, 0) is 55.9 Å². The first-order chi connectivity index (χ1) is 7.16. The summed E-state index contributed by atoms with van der Waals surface area (Å²) in [5.74, 6) is 1.78. The molecule has 0 radical (unpaired) electrons. The number of halogens is 1. The van der Waals surface area contributed by atoms with E-state index in [0.29, 0.717) is 6.04 Å². The summed E-state index contributed by atoms with van der Waals surface area (Å²) in [6.45, 7) is 5.83. The molecule has 1 heterocycles. The van der Waals surface area contributed by atoms with Crippen LogP contribution >= 0.6 is 15.9 Å². The molecule has 0 N–H and O–H groups in total. The average Bonchev–Trinajstić information content (AvgIpc) is 2.95. The highest BCUT2D eigenvalue weighted by atomic mass is 79.9. The third-order valence-corrected chi connectivity index (χ3v) is 4.17. The van der Waals surface area contributed by atoms with Crippen LogP contribution in [0.15, 0.2) is 22.7 Å². The van der Waals surface area contributed by atoms with E-state index >= 15 is 0 Å². The Labute approximate surface area is 99.6 Å². The van der Waals surface area contributed by atoms with Gasteiger partial charge in [-0.25, -0.2) is 0 Å². The largest absolute Gasteiger partial charge is 0.369 e. The van der Waals surface area contributed by atoms with Crippen molar-refractivity contribution in [3.63, 3.8) is 0 Å². The Morgan fingerprint density at radius 3 is 2.93 bits per heavy atom. The van der Waals surface area contributed by atoms with Crippen molar-refractivity contribution in [3.8, 4) is 0 Å². The summed E-state index contributed by atoms with van der Waals surface area (Å²) in [5.41, 5.74) is 3.03. The van der Waals surface area contributed by atoms with Crippen LogP contribution in [-0.4, -0.2) is 12.6 Å². The van der Waals surface area contributed by atoms with Crippen LogP contribution in [-0.2, 0) is 0 Å². The molecule has 0 spiro atoms. The van der Waals surface area contributed by atoms with E-state index in [2.05, 4.69) is 52.9 Å². The van der Waals surface area contributed by atoms with E-state index in [4.69, 9.17) is 0 Å². The molecule has 2 aliphatic rings. The second kappa shape index (κ2) is 3.24. The Bertz CT molecular complexity index is 400. The zero-order valence-corrected chi connectivity index (χ0v) is 10.8. The summed E-state index contributed by atoms with van der Waals surface area (Å²) in [6, 6.07) is 7.37. The molecule has 80 valence electrons. The van der Waals surface area contributed by atoms with Crippen molar-refractivity contribution in [2.45, 2.75) is 32.2 Å². The lowest BCUT2D eigenvalue weighted by molar-refractivity contribution is 0.615. The molecule has 1 aromatic carbocycles. The molecule has 1 nitrogen and oxygen atoms in total. The molecule has 3 rings (SSSR count). The topological polar surface area (TPSA) is 3.24 Å². The summed E-state index contributed by atoms with van der Waals surface area (Å²) < 4.78 is 1.22. The van der Waals surface area contributed by atoms with E-state index in [1.54, 1.807) is 5.56 Å². The molecule has 1 fully saturated rings. The molecule has 1 saturated carbocycles. The number of rotatable bonds is 1. The summed E-state index contributed by atoms with van der Waals surface area (Å²) in [4.78, 5) is 2.55. The standard InChI is InChI=1S/C13H16BrN/c1-8(2)15-7-9-5-11(9)12-6-10(14)3-4-13(12)15/h3-4,6,8-9,11H,5,7H2,1-2H3. The molecule has 2 atom stereocenters. The van der Waals surface area contributed by atoms with Crippen molar-refractivity contribution < 1.29 is 0 Å². The van der Waals surface area contributed by atoms with Gasteiger partial charge in [-0.1, -0.05) is 15.9 Å². The maximum absolute atomic E-state index is 3.57. The van der Waals surface area contributed by atoms with Crippen LogP contribution < -0.4 is 4.90 Å². The fourth-order valence-electron chi connectivity index (χ4n) is 2.75. The number of hydrogen-bond donors (Lipinski definition) is 0. The van der Waals surface area contributed by atoms with Gasteiger partial charge in [0.25, 0.3) is 0 Å². The highest BCUT2D eigenvalue weighted by Gasteiger charge is 2.45. The zero-order chi connectivity index (χ0) is 10.6. The maximum atomic E-state index is 3.57. The molecular weight excluding hydrogens is 250 g/mol. The lowest BCUT2D eigenvalue weighted by Crippen LogP contribution is -2.35. The summed E-state index contributed by atoms with van der Waals surface area (Å²) in [5, 5.41) is 0. The molecule has 0 bridgehead atoms. The lowest BCUT2D eigenvalue weighted by atomic mass is 10.0. The quantitative estimate of drug-likeness (QED) is 0.747. The van der Waals surface area contributed by atoms with Gasteiger partial charge in [-0.15, -0.1) is 0 Å². The fourth-order valence-corrected chi connectivity index (χ4v) is 3.13. The van der Waals surface area contributed by atoms with Crippen molar-refractivity contribution in [1.29, 1.82) is 0 Å². The normalized spacial score (nSPS) is 27.6. The van der Waals surface area contributed by atoms with Crippen LogP contribution in [0, 0.1) is 5.92 Å². The number of nitrogens with zero attached hydrogens (tertiary/aromatic N) is 1. The van der Waals surface area contributed by atoms with Gasteiger partial charge in [0.1, 0.15) is 0 Å². The average molecular weight is 266 g/mol. The van der Waals surface area contributed by atoms with Crippen molar-refractivity contribution in [1.82, 2.24) is 0 Å². The van der Waals surface area contributed by atoms with Crippen LogP contribution in [0.3, 0.4) is 0 Å². The molecule has 2 unspecified atom stereocenters. The number of benzene rings is 1. The second-order valence-electron chi connectivity index (χ2n) is 5.05. The Morgan fingerprint density at radius 2 is 2.20 bits per heavy atom. The van der Waals surface area contributed by atoms with Crippen LogP contribution in [0.2, 0.25) is 0 Å². The van der Waals surface area contributed by atoms with Crippen LogP contribution in [0.1, 0.15) is 31.7 Å². The Hall–Kier alpha value is -0.500. The predicted molar refractivity (Wildman–Crippen MR) is 67.5 cm³/mol. The van der Waals surface area contributed by atoms with Gasteiger partial charge in [0, 0.05) is 22.7 Å². The minimum atomic E-state index is 0.617. The zero-order valence-electron chi connectivity index (χ0n) is 9.20. The minimum absolute atomic E-state index is 0.617. The summed E-state index contributed by atoms with van der Waals surface area (Å²) >= 11 is 3.57. The SMILES string of the molecule is CC(C)N1CC2CC2c2cc(Br)ccc21. The predicted octanol–water partition coefficient (Wildman–Crippen LogP) is 3.78. The van der Waals surface area contributed by atoms with E-state index < -0.39 is 0 Å². The van der Waals surface area contributed by atoms with Gasteiger partial charge >= 0.3 is 0 Å². The van der Waals surface area contributed by atoms with E-state index in [1.807, 2.05) is 0 Å². The monoisotopic (exact) mass is 265 g/mol. The smallest absolute Gasteiger partial charge is 0.0404 e. The van der Waals surface area contributed by atoms with E-state index in [-0.39, 0.29) is 0 Å². The first-order valence-corrected chi connectivity index (χ1v) is 6.52. The second-order valence-corrected chi connectivity index (χ2v) is 5.97. The lowest BCUT2D eigenvalue weighted by Gasteiger charge is -2.34. The Balaban J connectivity index is 2.08. The highest BCUT2D eigenvalue weighted by Crippen LogP contribution is 2.55. The van der Waals surface area contributed by atoms with Crippen molar-refractivity contribution in [2.75, 3.05) is 11.4 Å². The summed E-state index contributed by atoms with van der Waals surface area (Å²) in [7, 11) is 0. The van der Waals surface area contributed by atoms with Gasteiger partial charge in [-0.2, -0.15) is 0 Å². The van der Waals surface area contributed by atoms with Gasteiger partial charge in [-0.3, -0.25) is 0 Å². The van der Waals surface area contributed by atoms with E-state index in [1.165, 1.54) is 23.1 Å². The van der Waals surface area contributed by atoms with Crippen LogP contribution in [0.4, 0.5) is 5.69 Å². The first kappa shape index (κ1) is 9.71. The van der Waals surface area contributed by atoms with Gasteiger partial charge in [0.15, 0.2) is 0 Å². The number of fused-ring (bicyclic) bond motifs is 3. The summed E-state index contributed by atoms with van der Waals surface area (Å²) in [6.07, 6.45) is 1.40. The molecule has 2 heteroatoms. The van der Waals surface area contributed by atoms with Crippen molar-refractivity contribution >= 4 is 21.6 Å². The number of hydrogen-bond acceptors (Lipinski definition) is 1. The minimum Gasteiger partial charge on any atom is -0.369 e. The van der Waals surface area contributed by atoms with Gasteiger partial charge < -0.3 is 4.90 Å². The van der Waals surface area contributed by atoms with Gasteiger partial charge in [0.05, 0.1) is 0 Å². The Kier molecular flexibility index (Phi) is 2.10. The van der Waals surface area contributed by atoms with Crippen molar-refractivity contribution in [2.24, 2.45) is 5.92 Å². The van der Waals surface area contributed by atoms with Crippen molar-refractivity contribution in [3.05, 3.63) is 28.2 Å². The maximum Gasteiger partial charge on any atom is 0.0404 e. The molecular formula is C13H16BrN. The molecule has 1 aliphatic carbocycles. The third-order valence-electron chi connectivity index (χ3n) is 3.68. The first-order valence-electron chi connectivity index (χ1n) is 5.73. The molecule has 0 amide bonds.